The highest BCUT2D eigenvalue weighted by Crippen LogP contribution is 2.32. The van der Waals surface area contributed by atoms with E-state index < -0.39 is 12.0 Å². The lowest BCUT2D eigenvalue weighted by Gasteiger charge is -2.30. The number of alkyl halides is 3. The molecule has 0 spiro atoms. The van der Waals surface area contributed by atoms with Crippen LogP contribution in [0.4, 0.5) is 13.2 Å². The number of carbonyl (C=O) groups is 1. The maximum absolute atomic E-state index is 12.9. The first kappa shape index (κ1) is 15.1. The lowest BCUT2D eigenvalue weighted by Crippen LogP contribution is -2.43. The van der Waals surface area contributed by atoms with Gasteiger partial charge in [0.05, 0.1) is 11.3 Å². The molecule has 0 atom stereocenters. The minimum absolute atomic E-state index is 0.0764. The van der Waals surface area contributed by atoms with Gasteiger partial charge in [0.2, 0.25) is 11.7 Å². The summed E-state index contributed by atoms with van der Waals surface area (Å²) in [7, 11) is 0. The molecule has 0 bridgehead atoms. The Morgan fingerprint density at radius 2 is 1.95 bits per heavy atom. The van der Waals surface area contributed by atoms with Crippen LogP contribution in [-0.4, -0.2) is 39.6 Å². The van der Waals surface area contributed by atoms with Gasteiger partial charge >= 0.3 is 6.18 Å². The molecule has 4 nitrogen and oxygen atoms in total. The molecule has 0 N–H and O–H groups in total. The van der Waals surface area contributed by atoms with E-state index in [2.05, 4.69) is 9.97 Å². The maximum Gasteiger partial charge on any atom is 0.451 e. The molecule has 1 aromatic carbocycles. The number of thioether (sulfide) groups is 1. The molecule has 1 fully saturated rings. The molecule has 116 valence electrons. The highest BCUT2D eigenvalue weighted by Gasteiger charge is 2.35. The van der Waals surface area contributed by atoms with Gasteiger partial charge < -0.3 is 4.90 Å². The summed E-state index contributed by atoms with van der Waals surface area (Å²) in [4.78, 5) is 20.7. The van der Waals surface area contributed by atoms with Crippen molar-refractivity contribution in [1.29, 1.82) is 0 Å². The number of hydrogen-bond acceptors (Lipinski definition) is 4. The zero-order valence-corrected chi connectivity index (χ0v) is 12.2. The molecule has 0 saturated carbocycles. The molecule has 1 aromatic heterocycles. The van der Waals surface area contributed by atoms with Gasteiger partial charge in [-0.15, -0.1) is 0 Å². The number of carbonyl (C=O) groups excluding carboxylic acids is 1. The van der Waals surface area contributed by atoms with Crippen molar-refractivity contribution in [2.24, 2.45) is 0 Å². The number of amides is 1. The predicted octanol–water partition coefficient (Wildman–Crippen LogP) is 2.97. The van der Waals surface area contributed by atoms with E-state index in [1.54, 1.807) is 23.1 Å². The standard InChI is InChI=1S/C14H12F3N3OS/c15-14(16,17)13-18-10-5-2-1-4-9(10)12(19-13)22-8-11(21)20-6-3-7-20/h1-2,4-5H,3,6-8H2. The van der Waals surface area contributed by atoms with E-state index >= 15 is 0 Å². The number of halogens is 3. The van der Waals surface area contributed by atoms with Crippen molar-refractivity contribution in [2.75, 3.05) is 18.8 Å². The van der Waals surface area contributed by atoms with Gasteiger partial charge in [-0.25, -0.2) is 9.97 Å². The van der Waals surface area contributed by atoms with Crippen molar-refractivity contribution in [3.63, 3.8) is 0 Å². The smallest absolute Gasteiger partial charge is 0.342 e. The molecule has 0 aliphatic carbocycles. The van der Waals surface area contributed by atoms with Crippen molar-refractivity contribution in [3.05, 3.63) is 30.1 Å². The highest BCUT2D eigenvalue weighted by atomic mass is 32.2. The predicted molar refractivity (Wildman–Crippen MR) is 76.5 cm³/mol. The van der Waals surface area contributed by atoms with Crippen LogP contribution in [0.2, 0.25) is 0 Å². The summed E-state index contributed by atoms with van der Waals surface area (Å²) >= 11 is 1.02. The molecular weight excluding hydrogens is 315 g/mol. The molecule has 1 aliphatic heterocycles. The SMILES string of the molecule is O=C(CSc1nc(C(F)(F)F)nc2ccccc12)N1CCC1. The van der Waals surface area contributed by atoms with Gasteiger partial charge in [-0.3, -0.25) is 4.79 Å². The van der Waals surface area contributed by atoms with E-state index in [0.29, 0.717) is 5.39 Å². The Kier molecular flexibility index (Phi) is 3.94. The number of para-hydroxylation sites is 1. The molecule has 2 heterocycles. The van der Waals surface area contributed by atoms with Crippen LogP contribution in [0.1, 0.15) is 12.2 Å². The average molecular weight is 327 g/mol. The third-order valence-corrected chi connectivity index (χ3v) is 4.34. The lowest BCUT2D eigenvalue weighted by atomic mass is 10.2. The quantitative estimate of drug-likeness (QED) is 0.642. The Labute approximate surface area is 128 Å². The molecule has 22 heavy (non-hydrogen) atoms. The molecule has 1 saturated heterocycles. The molecule has 8 heteroatoms. The monoisotopic (exact) mass is 327 g/mol. The number of likely N-dealkylation sites (tertiary alicyclic amines) is 1. The van der Waals surface area contributed by atoms with Gasteiger partial charge in [0, 0.05) is 18.5 Å². The van der Waals surface area contributed by atoms with E-state index in [4.69, 9.17) is 0 Å². The number of hydrogen-bond donors (Lipinski definition) is 0. The Morgan fingerprint density at radius 1 is 1.23 bits per heavy atom. The summed E-state index contributed by atoms with van der Waals surface area (Å²) in [5.74, 6) is -1.17. The number of rotatable bonds is 3. The van der Waals surface area contributed by atoms with E-state index in [-0.39, 0.29) is 22.2 Å². The minimum Gasteiger partial charge on any atom is -0.342 e. The third-order valence-electron chi connectivity index (χ3n) is 3.36. The first-order valence-corrected chi connectivity index (χ1v) is 7.68. The van der Waals surface area contributed by atoms with Gasteiger partial charge in [0.1, 0.15) is 5.03 Å². The summed E-state index contributed by atoms with van der Waals surface area (Å²) in [5, 5.41) is 0.712. The summed E-state index contributed by atoms with van der Waals surface area (Å²) in [6, 6.07) is 6.49. The largest absolute Gasteiger partial charge is 0.451 e. The molecule has 1 amide bonds. The van der Waals surface area contributed by atoms with Crippen LogP contribution in [0.15, 0.2) is 29.3 Å². The van der Waals surface area contributed by atoms with E-state index in [1.165, 1.54) is 6.07 Å². The molecule has 0 radical (unpaired) electrons. The van der Waals surface area contributed by atoms with Crippen molar-refractivity contribution in [2.45, 2.75) is 17.6 Å². The summed E-state index contributed by atoms with van der Waals surface area (Å²) in [6.07, 6.45) is -3.63. The Morgan fingerprint density at radius 3 is 2.59 bits per heavy atom. The van der Waals surface area contributed by atoms with Crippen LogP contribution in [-0.2, 0) is 11.0 Å². The summed E-state index contributed by atoms with van der Waals surface area (Å²) in [6.45, 7) is 1.44. The number of nitrogens with zero attached hydrogens (tertiary/aromatic N) is 3. The topological polar surface area (TPSA) is 46.1 Å². The fourth-order valence-corrected chi connectivity index (χ4v) is 2.99. The Balaban J connectivity index is 1.90. The summed E-state index contributed by atoms with van der Waals surface area (Å²) in [5.41, 5.74) is 0.226. The van der Waals surface area contributed by atoms with Crippen LogP contribution in [0.5, 0.6) is 0 Å². The molecule has 3 rings (SSSR count). The third kappa shape index (κ3) is 3.01. The average Bonchev–Trinajstić information content (AvgIpc) is 2.41. The molecule has 0 unspecified atom stereocenters. The fraction of sp³-hybridized carbons (Fsp3) is 0.357. The van der Waals surface area contributed by atoms with Crippen LogP contribution < -0.4 is 0 Å². The number of aromatic nitrogens is 2. The van der Waals surface area contributed by atoms with Crippen molar-refractivity contribution >= 4 is 28.6 Å². The zero-order valence-electron chi connectivity index (χ0n) is 11.4. The van der Waals surface area contributed by atoms with Crippen LogP contribution >= 0.6 is 11.8 Å². The second kappa shape index (κ2) is 5.75. The zero-order chi connectivity index (χ0) is 15.7. The number of benzene rings is 1. The van der Waals surface area contributed by atoms with E-state index in [9.17, 15) is 18.0 Å². The second-order valence-electron chi connectivity index (χ2n) is 4.89. The number of fused-ring (bicyclic) bond motifs is 1. The van der Waals surface area contributed by atoms with Crippen molar-refractivity contribution in [1.82, 2.24) is 14.9 Å². The van der Waals surface area contributed by atoms with Gasteiger partial charge in [-0.05, 0) is 12.5 Å². The van der Waals surface area contributed by atoms with Crippen LogP contribution in [0.25, 0.3) is 10.9 Å². The first-order valence-electron chi connectivity index (χ1n) is 6.70. The minimum atomic E-state index is -4.61. The molecule has 2 aromatic rings. The second-order valence-corrected chi connectivity index (χ2v) is 5.85. The van der Waals surface area contributed by atoms with Crippen LogP contribution in [0, 0.1) is 0 Å². The maximum atomic E-state index is 12.9. The Hall–Kier alpha value is -1.83. The Bertz CT molecular complexity index is 716. The normalized spacial score (nSPS) is 15.0. The lowest BCUT2D eigenvalue weighted by molar-refractivity contribution is -0.145. The van der Waals surface area contributed by atoms with Gasteiger partial charge in [0.15, 0.2) is 0 Å². The molecule has 1 aliphatic rings. The van der Waals surface area contributed by atoms with E-state index in [0.717, 1.165) is 31.3 Å². The highest BCUT2D eigenvalue weighted by molar-refractivity contribution is 8.00. The van der Waals surface area contributed by atoms with Crippen molar-refractivity contribution < 1.29 is 18.0 Å². The van der Waals surface area contributed by atoms with Crippen molar-refractivity contribution in [3.8, 4) is 0 Å². The van der Waals surface area contributed by atoms with E-state index in [1.807, 2.05) is 0 Å². The van der Waals surface area contributed by atoms with Gasteiger partial charge in [-0.2, -0.15) is 13.2 Å². The summed E-state index contributed by atoms with van der Waals surface area (Å²) < 4.78 is 38.6. The van der Waals surface area contributed by atoms with Gasteiger partial charge in [0.25, 0.3) is 0 Å². The van der Waals surface area contributed by atoms with Crippen LogP contribution in [0.3, 0.4) is 0 Å². The fourth-order valence-electron chi connectivity index (χ4n) is 2.07. The first-order chi connectivity index (χ1) is 10.4. The van der Waals surface area contributed by atoms with Gasteiger partial charge in [-0.1, -0.05) is 30.0 Å². The molecular formula is C14H12F3N3OS.